The van der Waals surface area contributed by atoms with Crippen LogP contribution in [0.4, 0.5) is 0 Å². The maximum atomic E-state index is 10.8. The summed E-state index contributed by atoms with van der Waals surface area (Å²) < 4.78 is 5.14. The van der Waals surface area contributed by atoms with Crippen LogP contribution in [0.2, 0.25) is 5.02 Å². The second-order valence-electron chi connectivity index (χ2n) is 4.44. The highest BCUT2D eigenvalue weighted by Gasteiger charge is 2.19. The molecule has 0 aliphatic carbocycles. The van der Waals surface area contributed by atoms with Gasteiger partial charge in [0.2, 0.25) is 0 Å². The molecule has 0 radical (unpaired) electrons. The van der Waals surface area contributed by atoms with Gasteiger partial charge >= 0.3 is 0 Å². The lowest BCUT2D eigenvalue weighted by Crippen LogP contribution is -2.12. The zero-order valence-electron chi connectivity index (χ0n) is 9.43. The molecular weight excluding hydrogens is 212 g/mol. The Morgan fingerprint density at radius 1 is 1.33 bits per heavy atom. The maximum Gasteiger partial charge on any atom is 0.153 e. The van der Waals surface area contributed by atoms with Crippen LogP contribution in [-0.2, 0) is 5.41 Å². The van der Waals surface area contributed by atoms with Crippen molar-refractivity contribution in [1.82, 2.24) is 0 Å². The molecule has 0 N–H and O–H groups in total. The molecule has 0 spiro atoms. The highest BCUT2D eigenvalue weighted by atomic mass is 35.5. The van der Waals surface area contributed by atoms with Gasteiger partial charge in [-0.25, -0.2) is 0 Å². The van der Waals surface area contributed by atoms with Gasteiger partial charge in [0, 0.05) is 5.02 Å². The smallest absolute Gasteiger partial charge is 0.153 e. The van der Waals surface area contributed by atoms with Gasteiger partial charge in [0.05, 0.1) is 12.7 Å². The molecule has 0 aromatic heterocycles. The third kappa shape index (κ3) is 2.51. The summed E-state index contributed by atoms with van der Waals surface area (Å²) in [4.78, 5) is 10.8. The Labute approximate surface area is 95.2 Å². The molecule has 0 atom stereocenters. The van der Waals surface area contributed by atoms with E-state index in [1.165, 1.54) is 0 Å². The monoisotopic (exact) mass is 226 g/mol. The highest BCUT2D eigenvalue weighted by Crippen LogP contribution is 2.34. The Morgan fingerprint density at radius 2 is 1.93 bits per heavy atom. The minimum atomic E-state index is -0.0637. The van der Waals surface area contributed by atoms with Crippen LogP contribution >= 0.6 is 11.6 Å². The van der Waals surface area contributed by atoms with Gasteiger partial charge in [0.25, 0.3) is 0 Å². The lowest BCUT2D eigenvalue weighted by molar-refractivity contribution is 0.112. The molecule has 0 aliphatic rings. The van der Waals surface area contributed by atoms with E-state index in [0.29, 0.717) is 16.3 Å². The van der Waals surface area contributed by atoms with Crippen LogP contribution in [0.25, 0.3) is 0 Å². The Morgan fingerprint density at radius 3 is 2.33 bits per heavy atom. The van der Waals surface area contributed by atoms with Gasteiger partial charge < -0.3 is 4.74 Å². The molecule has 82 valence electrons. The molecule has 3 heteroatoms. The molecule has 0 fully saturated rings. The van der Waals surface area contributed by atoms with E-state index in [1.54, 1.807) is 13.2 Å². The number of hydrogen-bond donors (Lipinski definition) is 0. The summed E-state index contributed by atoms with van der Waals surface area (Å²) in [6.07, 6.45) is 0.747. The molecular formula is C12H15ClO2. The van der Waals surface area contributed by atoms with Crippen molar-refractivity contribution in [3.63, 3.8) is 0 Å². The summed E-state index contributed by atoms with van der Waals surface area (Å²) in [6.45, 7) is 6.19. The lowest BCUT2D eigenvalue weighted by atomic mass is 9.86. The van der Waals surface area contributed by atoms with Gasteiger partial charge in [-0.2, -0.15) is 0 Å². The van der Waals surface area contributed by atoms with E-state index in [2.05, 4.69) is 20.8 Å². The summed E-state index contributed by atoms with van der Waals surface area (Å²) in [7, 11) is 1.54. The number of methoxy groups -OCH3 is 1. The van der Waals surface area contributed by atoms with Crippen molar-refractivity contribution in [3.8, 4) is 5.75 Å². The minimum Gasteiger partial charge on any atom is -0.496 e. The van der Waals surface area contributed by atoms with Crippen LogP contribution in [0.5, 0.6) is 5.75 Å². The molecule has 0 saturated heterocycles. The standard InChI is InChI=1S/C12H15ClO2/c1-12(2,3)9-6-11(15-4)8(7-14)5-10(9)13/h5-7H,1-4H3. The zero-order chi connectivity index (χ0) is 11.6. The summed E-state index contributed by atoms with van der Waals surface area (Å²) in [5, 5.41) is 0.602. The Kier molecular flexibility index (Phi) is 3.40. The Bertz CT molecular complexity index is 378. The SMILES string of the molecule is COc1cc(C(C)(C)C)c(Cl)cc1C=O. The van der Waals surface area contributed by atoms with Crippen LogP contribution in [0.1, 0.15) is 36.7 Å². The highest BCUT2D eigenvalue weighted by molar-refractivity contribution is 6.31. The third-order valence-corrected chi connectivity index (χ3v) is 2.57. The number of hydrogen-bond acceptors (Lipinski definition) is 2. The molecule has 0 bridgehead atoms. The number of ether oxygens (including phenoxy) is 1. The van der Waals surface area contributed by atoms with Crippen LogP contribution in [0.3, 0.4) is 0 Å². The Hall–Kier alpha value is -1.02. The first-order valence-corrected chi connectivity index (χ1v) is 5.11. The molecule has 1 rings (SSSR count). The maximum absolute atomic E-state index is 10.8. The number of halogens is 1. The molecule has 2 nitrogen and oxygen atoms in total. The summed E-state index contributed by atoms with van der Waals surface area (Å²) in [5.41, 5.74) is 1.40. The van der Waals surface area contributed by atoms with Crippen molar-refractivity contribution in [2.45, 2.75) is 26.2 Å². The van der Waals surface area contributed by atoms with Crippen LogP contribution in [0.15, 0.2) is 12.1 Å². The van der Waals surface area contributed by atoms with Gasteiger partial charge in [-0.1, -0.05) is 32.4 Å². The van der Waals surface area contributed by atoms with Crippen LogP contribution in [-0.4, -0.2) is 13.4 Å². The third-order valence-electron chi connectivity index (χ3n) is 2.25. The number of carbonyl (C=O) groups is 1. The molecule has 0 heterocycles. The number of benzene rings is 1. The largest absolute Gasteiger partial charge is 0.496 e. The predicted octanol–water partition coefficient (Wildman–Crippen LogP) is 3.46. The van der Waals surface area contributed by atoms with Crippen molar-refractivity contribution in [2.24, 2.45) is 0 Å². The number of carbonyl (C=O) groups excluding carboxylic acids is 1. The fourth-order valence-corrected chi connectivity index (χ4v) is 1.87. The molecule has 0 aliphatic heterocycles. The fraction of sp³-hybridized carbons (Fsp3) is 0.417. The van der Waals surface area contributed by atoms with Gasteiger partial charge in [-0.15, -0.1) is 0 Å². The molecule has 1 aromatic rings. The topological polar surface area (TPSA) is 26.3 Å². The average molecular weight is 227 g/mol. The van der Waals surface area contributed by atoms with Crippen molar-refractivity contribution in [2.75, 3.05) is 7.11 Å². The van der Waals surface area contributed by atoms with E-state index >= 15 is 0 Å². The lowest BCUT2D eigenvalue weighted by Gasteiger charge is -2.21. The molecule has 0 saturated carbocycles. The van der Waals surface area contributed by atoms with Gasteiger partial charge in [0.15, 0.2) is 6.29 Å². The van der Waals surface area contributed by atoms with Gasteiger partial charge in [-0.05, 0) is 23.1 Å². The average Bonchev–Trinajstić information content (AvgIpc) is 2.15. The van der Waals surface area contributed by atoms with Crippen LogP contribution in [0, 0.1) is 0 Å². The summed E-state index contributed by atoms with van der Waals surface area (Å²) in [5.74, 6) is 0.569. The second kappa shape index (κ2) is 4.23. The first-order valence-electron chi connectivity index (χ1n) is 4.73. The van der Waals surface area contributed by atoms with E-state index in [-0.39, 0.29) is 5.41 Å². The van der Waals surface area contributed by atoms with E-state index < -0.39 is 0 Å². The first-order chi connectivity index (χ1) is 6.90. The van der Waals surface area contributed by atoms with E-state index in [4.69, 9.17) is 16.3 Å². The van der Waals surface area contributed by atoms with Crippen LogP contribution < -0.4 is 4.74 Å². The van der Waals surface area contributed by atoms with Crippen molar-refractivity contribution in [3.05, 3.63) is 28.3 Å². The van der Waals surface area contributed by atoms with E-state index in [9.17, 15) is 4.79 Å². The van der Waals surface area contributed by atoms with Gasteiger partial charge in [0.1, 0.15) is 5.75 Å². The second-order valence-corrected chi connectivity index (χ2v) is 4.85. The van der Waals surface area contributed by atoms with Crippen molar-refractivity contribution in [1.29, 1.82) is 0 Å². The minimum absolute atomic E-state index is 0.0637. The normalized spacial score (nSPS) is 11.3. The van der Waals surface area contributed by atoms with Crippen molar-refractivity contribution >= 4 is 17.9 Å². The molecule has 0 unspecified atom stereocenters. The summed E-state index contributed by atoms with van der Waals surface area (Å²) >= 11 is 6.11. The molecule has 0 amide bonds. The number of rotatable bonds is 2. The zero-order valence-corrected chi connectivity index (χ0v) is 10.2. The fourth-order valence-electron chi connectivity index (χ4n) is 1.41. The van der Waals surface area contributed by atoms with Gasteiger partial charge in [-0.3, -0.25) is 4.79 Å². The Balaban J connectivity index is 3.39. The first kappa shape index (κ1) is 12.1. The molecule has 1 aromatic carbocycles. The van der Waals surface area contributed by atoms with E-state index in [1.807, 2.05) is 6.07 Å². The molecule has 15 heavy (non-hydrogen) atoms. The summed E-state index contributed by atoms with van der Waals surface area (Å²) in [6, 6.07) is 3.47. The van der Waals surface area contributed by atoms with Crippen molar-refractivity contribution < 1.29 is 9.53 Å². The number of aldehydes is 1. The predicted molar refractivity (Wildman–Crippen MR) is 62.1 cm³/mol. The van der Waals surface area contributed by atoms with E-state index in [0.717, 1.165) is 11.8 Å². The quantitative estimate of drug-likeness (QED) is 0.722.